The first-order valence-electron chi connectivity index (χ1n) is 13.1. The highest BCUT2D eigenvalue weighted by atomic mass is 16.7. The molecule has 0 aromatic carbocycles. The van der Waals surface area contributed by atoms with Crippen molar-refractivity contribution in [1.82, 2.24) is 0 Å². The van der Waals surface area contributed by atoms with E-state index in [4.69, 9.17) is 14.2 Å². The predicted molar refractivity (Wildman–Crippen MR) is 127 cm³/mol. The average Bonchev–Trinajstić information content (AvgIpc) is 3.34. The van der Waals surface area contributed by atoms with Crippen LogP contribution in [0.25, 0.3) is 0 Å². The van der Waals surface area contributed by atoms with Gasteiger partial charge < -0.3 is 39.4 Å². The standard InChI is InChI=1S/C27H40O9/c1-13(2)17-8-15-9-25(11-28)16-6-7-24(4,33)18(16)10-26(15,27(17,25)23(31)32)12-35-22-20(30)19(29)21(34-5)14(3)36-22/h8,11,13-16,18-22,29-30,33H,6-7,9-10,12H2,1-5H3,(H,31,32)/t14-,15+,16-,18+,19-,20-,21-,22-,24+,25+,26+,27+/m1/s1. The molecule has 0 radical (unpaired) electrons. The fourth-order valence-corrected chi connectivity index (χ4v) is 9.30. The summed E-state index contributed by atoms with van der Waals surface area (Å²) >= 11 is 0. The number of aliphatic carboxylic acids is 1. The molecule has 0 unspecified atom stereocenters. The molecule has 12 atom stereocenters. The summed E-state index contributed by atoms with van der Waals surface area (Å²) in [6, 6.07) is 0. The lowest BCUT2D eigenvalue weighted by atomic mass is 9.42. The van der Waals surface area contributed by atoms with E-state index < -0.39 is 58.5 Å². The minimum absolute atomic E-state index is 0.0790. The van der Waals surface area contributed by atoms with Crippen molar-refractivity contribution in [3.8, 4) is 0 Å². The Hall–Kier alpha value is -1.36. The van der Waals surface area contributed by atoms with E-state index in [-0.39, 0.29) is 30.3 Å². The van der Waals surface area contributed by atoms with Crippen molar-refractivity contribution in [2.75, 3.05) is 13.7 Å². The van der Waals surface area contributed by atoms with E-state index in [2.05, 4.69) is 0 Å². The van der Waals surface area contributed by atoms with Gasteiger partial charge in [-0.3, -0.25) is 4.79 Å². The molecule has 202 valence electrons. The van der Waals surface area contributed by atoms with E-state index >= 15 is 0 Å². The summed E-state index contributed by atoms with van der Waals surface area (Å²) in [5.74, 6) is -1.83. The number of hydrogen-bond donors (Lipinski definition) is 4. The highest BCUT2D eigenvalue weighted by Gasteiger charge is 2.85. The molecule has 3 saturated carbocycles. The van der Waals surface area contributed by atoms with E-state index in [1.807, 2.05) is 19.9 Å². The second kappa shape index (κ2) is 8.32. The first kappa shape index (κ1) is 26.3. The molecule has 5 rings (SSSR count). The van der Waals surface area contributed by atoms with Gasteiger partial charge >= 0.3 is 5.97 Å². The Kier molecular flexibility index (Phi) is 6.07. The molecule has 36 heavy (non-hydrogen) atoms. The minimum Gasteiger partial charge on any atom is -0.481 e. The zero-order chi connectivity index (χ0) is 26.4. The summed E-state index contributed by atoms with van der Waals surface area (Å²) in [5, 5.41) is 43.6. The maximum atomic E-state index is 13.5. The second-order valence-corrected chi connectivity index (χ2v) is 12.5. The monoisotopic (exact) mass is 508 g/mol. The van der Waals surface area contributed by atoms with E-state index in [9.17, 15) is 30.0 Å². The lowest BCUT2D eigenvalue weighted by molar-refractivity contribution is -0.307. The summed E-state index contributed by atoms with van der Waals surface area (Å²) in [4.78, 5) is 26.6. The highest BCUT2D eigenvalue weighted by molar-refractivity contribution is 5.90. The van der Waals surface area contributed by atoms with Crippen LogP contribution in [0.2, 0.25) is 0 Å². The average molecular weight is 509 g/mol. The van der Waals surface area contributed by atoms with E-state index in [1.165, 1.54) is 7.11 Å². The number of aliphatic hydroxyl groups excluding tert-OH is 2. The largest absolute Gasteiger partial charge is 0.481 e. The molecular formula is C27H40O9. The Bertz CT molecular complexity index is 961. The molecular weight excluding hydrogens is 468 g/mol. The van der Waals surface area contributed by atoms with Crippen LogP contribution in [0.5, 0.6) is 0 Å². The maximum Gasteiger partial charge on any atom is 0.315 e. The zero-order valence-corrected chi connectivity index (χ0v) is 21.7. The summed E-state index contributed by atoms with van der Waals surface area (Å²) in [5.41, 5.74) is -3.87. The molecule has 4 aliphatic carbocycles. The van der Waals surface area contributed by atoms with Gasteiger partial charge in [-0.15, -0.1) is 0 Å². The lowest BCUT2D eigenvalue weighted by Gasteiger charge is -2.59. The van der Waals surface area contributed by atoms with Crippen LogP contribution in [0.3, 0.4) is 0 Å². The molecule has 4 fully saturated rings. The topological polar surface area (TPSA) is 143 Å². The molecule has 5 aliphatic rings. The molecule has 4 N–H and O–H groups in total. The Morgan fingerprint density at radius 1 is 1.25 bits per heavy atom. The molecule has 0 amide bonds. The Balaban J connectivity index is 1.59. The molecule has 0 aromatic rings. The van der Waals surface area contributed by atoms with Gasteiger partial charge in [0.25, 0.3) is 0 Å². The maximum absolute atomic E-state index is 13.5. The van der Waals surface area contributed by atoms with Gasteiger partial charge in [-0.25, -0.2) is 0 Å². The number of aldehydes is 1. The molecule has 1 heterocycles. The molecule has 1 aliphatic heterocycles. The van der Waals surface area contributed by atoms with Gasteiger partial charge in [0.05, 0.1) is 23.7 Å². The lowest BCUT2D eigenvalue weighted by Crippen LogP contribution is -2.65. The number of methoxy groups -OCH3 is 1. The summed E-state index contributed by atoms with van der Waals surface area (Å²) in [7, 11) is 1.43. The fraction of sp³-hybridized carbons (Fsp3) is 0.852. The highest BCUT2D eigenvalue weighted by Crippen LogP contribution is 2.82. The normalized spacial score (nSPS) is 53.4. The zero-order valence-electron chi connectivity index (χ0n) is 21.7. The first-order chi connectivity index (χ1) is 16.8. The third kappa shape index (κ3) is 2.93. The second-order valence-electron chi connectivity index (χ2n) is 12.5. The number of carboxylic acids is 1. The third-order valence-corrected chi connectivity index (χ3v) is 10.7. The van der Waals surface area contributed by atoms with E-state index in [0.717, 1.165) is 11.9 Å². The third-order valence-electron chi connectivity index (χ3n) is 10.7. The fourth-order valence-electron chi connectivity index (χ4n) is 9.30. The number of ether oxygens (including phenoxy) is 3. The number of aliphatic hydroxyl groups is 3. The van der Waals surface area contributed by atoms with Crippen molar-refractivity contribution in [3.63, 3.8) is 0 Å². The van der Waals surface area contributed by atoms with Gasteiger partial charge in [0, 0.05) is 12.5 Å². The van der Waals surface area contributed by atoms with Crippen molar-refractivity contribution in [3.05, 3.63) is 11.6 Å². The quantitative estimate of drug-likeness (QED) is 0.297. The van der Waals surface area contributed by atoms with Gasteiger partial charge in [0.1, 0.15) is 30.0 Å². The van der Waals surface area contributed by atoms with Crippen LogP contribution in [0.15, 0.2) is 11.6 Å². The van der Waals surface area contributed by atoms with Crippen molar-refractivity contribution in [2.24, 2.45) is 39.9 Å². The summed E-state index contributed by atoms with van der Waals surface area (Å²) in [6.45, 7) is 7.34. The van der Waals surface area contributed by atoms with Gasteiger partial charge in [0.15, 0.2) is 6.29 Å². The van der Waals surface area contributed by atoms with Gasteiger partial charge in [0.2, 0.25) is 0 Å². The molecule has 9 heteroatoms. The molecule has 9 nitrogen and oxygen atoms in total. The van der Waals surface area contributed by atoms with Crippen LogP contribution < -0.4 is 0 Å². The van der Waals surface area contributed by atoms with Crippen molar-refractivity contribution < 1.29 is 44.2 Å². The van der Waals surface area contributed by atoms with Crippen LogP contribution in [-0.2, 0) is 23.8 Å². The van der Waals surface area contributed by atoms with Crippen LogP contribution in [0.1, 0.15) is 53.4 Å². The SMILES string of the molecule is CO[C@H]1[C@H](O)[C@@H](O)[C@H](OC[C@@]23C[C@H]4[C@@H](CC[C@]4(C)O)[C@@]4(C=O)C[C@@H]2C=C(C(C)C)[C@@]34C(=O)O)O[C@@H]1C. The Morgan fingerprint density at radius 3 is 2.53 bits per heavy atom. The summed E-state index contributed by atoms with van der Waals surface area (Å²) in [6.07, 6.45) is -0.264. The van der Waals surface area contributed by atoms with Gasteiger partial charge in [-0.1, -0.05) is 25.5 Å². The molecule has 4 bridgehead atoms. The molecule has 0 spiro atoms. The first-order valence-corrected chi connectivity index (χ1v) is 13.1. The smallest absolute Gasteiger partial charge is 0.315 e. The number of carbonyl (C=O) groups excluding carboxylic acids is 1. The predicted octanol–water partition coefficient (Wildman–Crippen LogP) is 1.52. The van der Waals surface area contributed by atoms with E-state index in [0.29, 0.717) is 25.7 Å². The number of carbonyl (C=O) groups is 2. The summed E-state index contributed by atoms with van der Waals surface area (Å²) < 4.78 is 17.3. The molecule has 0 aromatic heterocycles. The number of rotatable bonds is 7. The van der Waals surface area contributed by atoms with Crippen molar-refractivity contribution in [2.45, 2.75) is 89.7 Å². The Labute approximate surface area is 211 Å². The van der Waals surface area contributed by atoms with Gasteiger partial charge in [-0.2, -0.15) is 0 Å². The van der Waals surface area contributed by atoms with Gasteiger partial charge in [-0.05, 0) is 63.2 Å². The number of hydrogen-bond acceptors (Lipinski definition) is 8. The van der Waals surface area contributed by atoms with E-state index in [1.54, 1.807) is 13.8 Å². The van der Waals surface area contributed by atoms with Crippen molar-refractivity contribution >= 4 is 12.3 Å². The van der Waals surface area contributed by atoms with Crippen molar-refractivity contribution in [1.29, 1.82) is 0 Å². The van der Waals surface area contributed by atoms with Crippen LogP contribution in [0.4, 0.5) is 0 Å². The number of carboxylic acid groups (broad SMARTS) is 1. The minimum atomic E-state index is -1.47. The van der Waals surface area contributed by atoms with Crippen LogP contribution in [0, 0.1) is 39.9 Å². The van der Waals surface area contributed by atoms with Crippen LogP contribution >= 0.6 is 0 Å². The number of fused-ring (bicyclic) bond motifs is 2. The Morgan fingerprint density at radius 2 is 1.94 bits per heavy atom. The molecule has 1 saturated heterocycles. The number of allylic oxidation sites excluding steroid dienone is 1. The van der Waals surface area contributed by atoms with Crippen LogP contribution in [-0.4, -0.2) is 82.7 Å².